The van der Waals surface area contributed by atoms with Crippen LogP contribution in [0.2, 0.25) is 0 Å². The molecule has 45 heavy (non-hydrogen) atoms. The lowest BCUT2D eigenvalue weighted by molar-refractivity contribution is 0.669. The molecule has 4 heterocycles. The second-order valence-corrected chi connectivity index (χ2v) is 12.3. The van der Waals surface area contributed by atoms with Crippen LogP contribution in [0.5, 0.6) is 0 Å². The molecule has 0 aliphatic carbocycles. The summed E-state index contributed by atoms with van der Waals surface area (Å²) in [7, 11) is 0. The van der Waals surface area contributed by atoms with Crippen LogP contribution in [0.1, 0.15) is 0 Å². The van der Waals surface area contributed by atoms with Crippen molar-refractivity contribution in [3.63, 3.8) is 0 Å². The van der Waals surface area contributed by atoms with E-state index in [4.69, 9.17) is 19.4 Å². The van der Waals surface area contributed by atoms with Gasteiger partial charge in [0.2, 0.25) is 5.95 Å². The van der Waals surface area contributed by atoms with Gasteiger partial charge >= 0.3 is 0 Å². The number of fused-ring (bicyclic) bond motifs is 10. The van der Waals surface area contributed by atoms with Crippen LogP contribution in [-0.2, 0) is 0 Å². The highest BCUT2D eigenvalue weighted by atomic mass is 32.1. The van der Waals surface area contributed by atoms with Crippen molar-refractivity contribution in [2.75, 3.05) is 0 Å². The van der Waals surface area contributed by atoms with Gasteiger partial charge in [0, 0.05) is 52.8 Å². The molecule has 10 rings (SSSR count). The maximum atomic E-state index is 6.25. The van der Waals surface area contributed by atoms with Gasteiger partial charge in [-0.3, -0.25) is 4.57 Å². The zero-order valence-electron chi connectivity index (χ0n) is 23.8. The maximum Gasteiger partial charge on any atom is 0.238 e. The van der Waals surface area contributed by atoms with Crippen LogP contribution in [-0.4, -0.2) is 19.5 Å². The second kappa shape index (κ2) is 9.32. The van der Waals surface area contributed by atoms with E-state index in [-0.39, 0.29) is 0 Å². The second-order valence-electron chi connectivity index (χ2n) is 11.2. The molecule has 0 saturated heterocycles. The smallest absolute Gasteiger partial charge is 0.238 e. The molecule has 0 spiro atoms. The van der Waals surface area contributed by atoms with Crippen molar-refractivity contribution < 1.29 is 4.42 Å². The van der Waals surface area contributed by atoms with Crippen LogP contribution >= 0.6 is 11.3 Å². The molecule has 0 radical (unpaired) electrons. The maximum absolute atomic E-state index is 6.25. The molecule has 6 aromatic carbocycles. The molecule has 0 bridgehead atoms. The van der Waals surface area contributed by atoms with Crippen molar-refractivity contribution in [2.45, 2.75) is 0 Å². The zero-order chi connectivity index (χ0) is 29.5. The molecule has 0 N–H and O–H groups in total. The van der Waals surface area contributed by atoms with Crippen LogP contribution in [0.15, 0.2) is 138 Å². The average molecular weight is 595 g/mol. The fraction of sp³-hybridized carbons (Fsp3) is 0. The number of aromatic nitrogens is 4. The summed E-state index contributed by atoms with van der Waals surface area (Å²) in [6.45, 7) is 0. The molecule has 0 aliphatic heterocycles. The lowest BCUT2D eigenvalue weighted by Gasteiger charge is -2.11. The van der Waals surface area contributed by atoms with E-state index in [1.54, 1.807) is 0 Å². The molecule has 4 aromatic heterocycles. The Morgan fingerprint density at radius 3 is 2.07 bits per heavy atom. The predicted octanol–water partition coefficient (Wildman–Crippen LogP) is 10.6. The van der Waals surface area contributed by atoms with E-state index in [1.807, 2.05) is 65.9 Å². The van der Waals surface area contributed by atoms with Gasteiger partial charge in [0.15, 0.2) is 11.6 Å². The van der Waals surface area contributed by atoms with Gasteiger partial charge < -0.3 is 4.42 Å². The summed E-state index contributed by atoms with van der Waals surface area (Å²) in [4.78, 5) is 15.4. The van der Waals surface area contributed by atoms with Crippen molar-refractivity contribution >= 4 is 75.3 Å². The van der Waals surface area contributed by atoms with Crippen LogP contribution in [0, 0.1) is 0 Å². The number of benzene rings is 6. The summed E-state index contributed by atoms with van der Waals surface area (Å²) in [6, 6.07) is 46.1. The largest absolute Gasteiger partial charge is 0.456 e. The van der Waals surface area contributed by atoms with Crippen LogP contribution < -0.4 is 0 Å². The third-order valence-electron chi connectivity index (χ3n) is 8.67. The summed E-state index contributed by atoms with van der Waals surface area (Å²) in [5.74, 6) is 1.79. The Bertz CT molecular complexity index is 2770. The average Bonchev–Trinajstić information content (AvgIpc) is 3.77. The monoisotopic (exact) mass is 594 g/mol. The number of rotatable bonds is 3. The Labute approximate surface area is 260 Å². The van der Waals surface area contributed by atoms with Gasteiger partial charge in [-0.1, -0.05) is 97.1 Å². The van der Waals surface area contributed by atoms with E-state index in [0.29, 0.717) is 17.6 Å². The molecule has 0 atom stereocenters. The van der Waals surface area contributed by atoms with Crippen molar-refractivity contribution in [3.8, 4) is 28.7 Å². The van der Waals surface area contributed by atoms with E-state index < -0.39 is 0 Å². The minimum Gasteiger partial charge on any atom is -0.456 e. The van der Waals surface area contributed by atoms with Gasteiger partial charge in [-0.2, -0.15) is 9.97 Å². The molecular weight excluding hydrogens is 573 g/mol. The van der Waals surface area contributed by atoms with Crippen LogP contribution in [0.3, 0.4) is 0 Å². The van der Waals surface area contributed by atoms with E-state index in [1.165, 1.54) is 25.6 Å². The highest BCUT2D eigenvalue weighted by Gasteiger charge is 2.21. The molecule has 0 saturated carbocycles. The SMILES string of the molecule is c1ccc(-c2nc(-c3ccc4c(c3)oc3ccccc34)nc(-n3c4ccccc4c4ccc5sc6ccccc6c5c43)n2)cc1. The summed E-state index contributed by atoms with van der Waals surface area (Å²) >= 11 is 1.82. The number of furan rings is 1. The van der Waals surface area contributed by atoms with Gasteiger partial charge in [-0.25, -0.2) is 4.98 Å². The van der Waals surface area contributed by atoms with Gasteiger partial charge in [-0.15, -0.1) is 11.3 Å². The quantitative estimate of drug-likeness (QED) is 0.204. The number of para-hydroxylation sites is 2. The Kier molecular flexibility index (Phi) is 5.09. The first-order valence-corrected chi connectivity index (χ1v) is 15.7. The molecule has 5 nitrogen and oxygen atoms in total. The molecular formula is C39H22N4OS. The van der Waals surface area contributed by atoms with E-state index in [9.17, 15) is 0 Å². The van der Waals surface area contributed by atoms with E-state index >= 15 is 0 Å². The van der Waals surface area contributed by atoms with E-state index in [0.717, 1.165) is 49.5 Å². The van der Waals surface area contributed by atoms with Gasteiger partial charge in [0.1, 0.15) is 11.2 Å². The van der Waals surface area contributed by atoms with Gasteiger partial charge in [0.25, 0.3) is 0 Å². The Morgan fingerprint density at radius 2 is 1.18 bits per heavy atom. The Morgan fingerprint density at radius 1 is 0.489 bits per heavy atom. The highest BCUT2D eigenvalue weighted by Crippen LogP contribution is 2.43. The first-order chi connectivity index (χ1) is 22.3. The summed E-state index contributed by atoms with van der Waals surface area (Å²) in [5, 5.41) is 6.96. The number of thiophene rings is 1. The van der Waals surface area contributed by atoms with Crippen molar-refractivity contribution in [3.05, 3.63) is 133 Å². The molecule has 10 aromatic rings. The first kappa shape index (κ1) is 24.6. The van der Waals surface area contributed by atoms with Crippen LogP contribution in [0.25, 0.3) is 92.6 Å². The molecule has 210 valence electrons. The number of hydrogen-bond donors (Lipinski definition) is 0. The topological polar surface area (TPSA) is 56.7 Å². The Balaban J connectivity index is 1.31. The summed E-state index contributed by atoms with van der Waals surface area (Å²) in [6.07, 6.45) is 0. The van der Waals surface area contributed by atoms with Crippen molar-refractivity contribution in [1.29, 1.82) is 0 Å². The normalized spacial score (nSPS) is 12.0. The van der Waals surface area contributed by atoms with Crippen molar-refractivity contribution in [1.82, 2.24) is 19.5 Å². The number of hydrogen-bond acceptors (Lipinski definition) is 5. The predicted molar refractivity (Wildman–Crippen MR) is 185 cm³/mol. The summed E-state index contributed by atoms with van der Waals surface area (Å²) < 4.78 is 11.0. The molecule has 0 fully saturated rings. The number of nitrogens with zero attached hydrogens (tertiary/aromatic N) is 4. The van der Waals surface area contributed by atoms with Crippen LogP contribution in [0.4, 0.5) is 0 Å². The third-order valence-corrected chi connectivity index (χ3v) is 9.80. The highest BCUT2D eigenvalue weighted by molar-refractivity contribution is 7.26. The zero-order valence-corrected chi connectivity index (χ0v) is 24.6. The Hall–Kier alpha value is -5.85. The lowest BCUT2D eigenvalue weighted by atomic mass is 10.1. The molecule has 6 heteroatoms. The fourth-order valence-electron chi connectivity index (χ4n) is 6.65. The van der Waals surface area contributed by atoms with Gasteiger partial charge in [-0.05, 0) is 36.4 Å². The molecule has 0 amide bonds. The first-order valence-electron chi connectivity index (χ1n) is 14.9. The third kappa shape index (κ3) is 3.63. The minimum atomic E-state index is 0.581. The summed E-state index contributed by atoms with van der Waals surface area (Å²) in [5.41, 5.74) is 5.63. The molecule has 0 aliphatic rings. The van der Waals surface area contributed by atoms with Gasteiger partial charge in [0.05, 0.1) is 11.0 Å². The van der Waals surface area contributed by atoms with E-state index in [2.05, 4.69) is 83.4 Å². The standard InChI is InChI=1S/C39H22N4OS/c1-2-10-23(11-3-1)37-40-38(24-18-19-27-26-13-5-8-16-31(26)44-32(27)22-24)42-39(41-37)43-30-15-7-4-12-25(30)28-20-21-34-35(36(28)43)29-14-6-9-17-33(29)45-34/h1-22H. The lowest BCUT2D eigenvalue weighted by Crippen LogP contribution is -2.06. The molecule has 0 unspecified atom stereocenters. The minimum absolute atomic E-state index is 0.581. The fourth-order valence-corrected chi connectivity index (χ4v) is 7.76. The van der Waals surface area contributed by atoms with Crippen molar-refractivity contribution in [2.24, 2.45) is 0 Å².